The fraction of sp³-hybridized carbons (Fsp3) is 0.562. The Morgan fingerprint density at radius 1 is 0.909 bits per heavy atom. The van der Waals surface area contributed by atoms with E-state index < -0.39 is 11.9 Å². The quantitative estimate of drug-likeness (QED) is 0.612. The van der Waals surface area contributed by atoms with E-state index in [0.29, 0.717) is 6.61 Å². The lowest BCUT2D eigenvalue weighted by molar-refractivity contribution is -0.155. The molecule has 0 saturated heterocycles. The molecule has 0 aliphatic rings. The van der Waals surface area contributed by atoms with E-state index in [1.807, 2.05) is 41.5 Å². The smallest absolute Gasteiger partial charge is 0.327 e. The van der Waals surface area contributed by atoms with Crippen LogP contribution in [0.5, 0.6) is 0 Å². The summed E-state index contributed by atoms with van der Waals surface area (Å²) >= 11 is 0. The minimum absolute atomic E-state index is 0.0565. The molecule has 0 rings (SSSR count). The first-order valence-electron chi connectivity index (χ1n) is 6.55. The molecule has 0 aromatic heterocycles. The summed E-state index contributed by atoms with van der Waals surface area (Å²) in [6, 6.07) is 0. The predicted molar refractivity (Wildman–Crippen MR) is 85.5 cm³/mol. The van der Waals surface area contributed by atoms with Gasteiger partial charge in [-0.1, -0.05) is 33.9 Å². The molecule has 0 aliphatic heterocycles. The minimum Gasteiger partial charge on any atom is -0.478 e. The van der Waals surface area contributed by atoms with E-state index in [-0.39, 0.29) is 16.8 Å². The van der Waals surface area contributed by atoms with Gasteiger partial charge in [-0.25, -0.2) is 9.59 Å². The number of hydrogen-bond donors (Lipinski definition) is 2. The van der Waals surface area contributed by atoms with Crippen molar-refractivity contribution >= 4 is 17.9 Å². The summed E-state index contributed by atoms with van der Waals surface area (Å²) in [6.45, 7) is 18.1. The van der Waals surface area contributed by atoms with Gasteiger partial charge in [-0.2, -0.15) is 0 Å². The molecule has 0 spiro atoms. The molecule has 0 bridgehead atoms. The SMILES string of the molecule is C=CC(=O)O.C=CC(=O)O.CC(C)(C)COC(=O)C(C)(C)C. The molecule has 0 saturated carbocycles. The number of ether oxygens (including phenoxy) is 1. The van der Waals surface area contributed by atoms with Crippen LogP contribution in [-0.4, -0.2) is 34.7 Å². The van der Waals surface area contributed by atoms with E-state index in [4.69, 9.17) is 14.9 Å². The Kier molecular flexibility index (Phi) is 13.0. The Bertz CT molecular complexity index is 364. The average Bonchev–Trinajstić information content (AvgIpc) is 2.35. The van der Waals surface area contributed by atoms with Gasteiger partial charge in [0.2, 0.25) is 0 Å². The maximum Gasteiger partial charge on any atom is 0.327 e. The van der Waals surface area contributed by atoms with Gasteiger partial charge in [-0.05, 0) is 26.2 Å². The predicted octanol–water partition coefficient (Wildman–Crippen LogP) is 3.14. The van der Waals surface area contributed by atoms with Gasteiger partial charge >= 0.3 is 17.9 Å². The first-order valence-corrected chi connectivity index (χ1v) is 6.55. The fourth-order valence-electron chi connectivity index (χ4n) is 0.499. The van der Waals surface area contributed by atoms with Gasteiger partial charge in [0, 0.05) is 12.2 Å². The molecule has 128 valence electrons. The van der Waals surface area contributed by atoms with Gasteiger partial charge in [0.1, 0.15) is 0 Å². The van der Waals surface area contributed by atoms with Crippen molar-refractivity contribution < 1.29 is 29.3 Å². The lowest BCUT2D eigenvalue weighted by atomic mass is 9.96. The zero-order chi connectivity index (χ0) is 18.6. The molecule has 0 aromatic carbocycles. The molecule has 2 N–H and O–H groups in total. The van der Waals surface area contributed by atoms with Crippen molar-refractivity contribution in [3.63, 3.8) is 0 Å². The van der Waals surface area contributed by atoms with E-state index in [9.17, 15) is 14.4 Å². The van der Waals surface area contributed by atoms with E-state index in [1.165, 1.54) is 0 Å². The molecule has 0 amide bonds. The van der Waals surface area contributed by atoms with Crippen molar-refractivity contribution in [3.05, 3.63) is 25.3 Å². The maximum absolute atomic E-state index is 11.3. The first kappa shape index (κ1) is 24.9. The van der Waals surface area contributed by atoms with Gasteiger partial charge in [0.25, 0.3) is 0 Å². The van der Waals surface area contributed by atoms with Crippen molar-refractivity contribution in [1.29, 1.82) is 0 Å². The van der Waals surface area contributed by atoms with Crippen molar-refractivity contribution in [2.75, 3.05) is 6.61 Å². The topological polar surface area (TPSA) is 101 Å². The average molecular weight is 316 g/mol. The largest absolute Gasteiger partial charge is 0.478 e. The lowest BCUT2D eigenvalue weighted by Crippen LogP contribution is -2.27. The van der Waals surface area contributed by atoms with E-state index in [1.54, 1.807) is 0 Å². The highest BCUT2D eigenvalue weighted by atomic mass is 16.5. The third-order valence-corrected chi connectivity index (χ3v) is 1.60. The van der Waals surface area contributed by atoms with Crippen molar-refractivity contribution in [1.82, 2.24) is 0 Å². The van der Waals surface area contributed by atoms with E-state index >= 15 is 0 Å². The number of carboxylic acids is 2. The Morgan fingerprint density at radius 2 is 1.18 bits per heavy atom. The Labute approximate surface area is 132 Å². The number of carbonyl (C=O) groups is 3. The Hall–Kier alpha value is -2.11. The van der Waals surface area contributed by atoms with Crippen LogP contribution in [0.1, 0.15) is 41.5 Å². The molecule has 22 heavy (non-hydrogen) atoms. The standard InChI is InChI=1S/C10H20O2.2C3H4O2/c1-9(2,3)7-12-8(11)10(4,5)6;2*1-2-3(4)5/h7H2,1-6H3;2*2H,1H2,(H,4,5). The summed E-state index contributed by atoms with van der Waals surface area (Å²) in [5.74, 6) is -2.09. The summed E-state index contributed by atoms with van der Waals surface area (Å²) in [5.41, 5.74) is -0.327. The highest BCUT2D eigenvalue weighted by Crippen LogP contribution is 2.19. The molecule has 0 aliphatic carbocycles. The van der Waals surface area contributed by atoms with Crippen LogP contribution in [0.4, 0.5) is 0 Å². The number of carboxylic acid groups (broad SMARTS) is 2. The van der Waals surface area contributed by atoms with Crippen molar-refractivity contribution in [3.8, 4) is 0 Å². The van der Waals surface area contributed by atoms with Gasteiger partial charge in [0.05, 0.1) is 12.0 Å². The Morgan fingerprint density at radius 3 is 1.32 bits per heavy atom. The molecule has 6 nitrogen and oxygen atoms in total. The van der Waals surface area contributed by atoms with Crippen LogP contribution >= 0.6 is 0 Å². The second-order valence-corrected chi connectivity index (χ2v) is 6.47. The van der Waals surface area contributed by atoms with E-state index in [2.05, 4.69) is 13.2 Å². The zero-order valence-electron chi connectivity index (χ0n) is 14.3. The maximum atomic E-state index is 11.3. The number of aliphatic carboxylic acids is 2. The third kappa shape index (κ3) is 26.5. The summed E-state index contributed by atoms with van der Waals surface area (Å²) in [4.78, 5) is 29.8. The van der Waals surface area contributed by atoms with Crippen LogP contribution in [0.3, 0.4) is 0 Å². The van der Waals surface area contributed by atoms with Gasteiger partial charge in [-0.15, -0.1) is 0 Å². The number of carbonyl (C=O) groups excluding carboxylic acids is 1. The van der Waals surface area contributed by atoms with Crippen LogP contribution in [0.2, 0.25) is 0 Å². The number of hydrogen-bond acceptors (Lipinski definition) is 4. The van der Waals surface area contributed by atoms with E-state index in [0.717, 1.165) is 12.2 Å². The number of esters is 1. The summed E-state index contributed by atoms with van der Waals surface area (Å²) in [6.07, 6.45) is 1.67. The van der Waals surface area contributed by atoms with Gasteiger partial charge in [0.15, 0.2) is 0 Å². The fourth-order valence-corrected chi connectivity index (χ4v) is 0.499. The van der Waals surface area contributed by atoms with Crippen LogP contribution in [-0.2, 0) is 19.1 Å². The van der Waals surface area contributed by atoms with Gasteiger partial charge < -0.3 is 14.9 Å². The summed E-state index contributed by atoms with van der Waals surface area (Å²) in [5, 5.41) is 15.2. The minimum atomic E-state index is -0.981. The van der Waals surface area contributed by atoms with Crippen molar-refractivity contribution in [2.45, 2.75) is 41.5 Å². The van der Waals surface area contributed by atoms with Crippen molar-refractivity contribution in [2.24, 2.45) is 10.8 Å². The zero-order valence-corrected chi connectivity index (χ0v) is 14.3. The van der Waals surface area contributed by atoms with Crippen LogP contribution in [0.25, 0.3) is 0 Å². The third-order valence-electron chi connectivity index (χ3n) is 1.60. The first-order chi connectivity index (χ1) is 9.67. The molecule has 0 fully saturated rings. The van der Waals surface area contributed by atoms with Crippen LogP contribution in [0, 0.1) is 10.8 Å². The van der Waals surface area contributed by atoms with Crippen LogP contribution < -0.4 is 0 Å². The monoisotopic (exact) mass is 316 g/mol. The second-order valence-electron chi connectivity index (χ2n) is 6.47. The molecular weight excluding hydrogens is 288 g/mol. The number of rotatable bonds is 3. The summed E-state index contributed by atoms with van der Waals surface area (Å²) in [7, 11) is 0. The molecular formula is C16H28O6. The highest BCUT2D eigenvalue weighted by molar-refractivity contribution is 5.79. The Balaban J connectivity index is -0.000000298. The molecule has 0 unspecified atom stereocenters. The molecule has 0 heterocycles. The molecule has 0 radical (unpaired) electrons. The molecule has 6 heteroatoms. The molecule has 0 atom stereocenters. The lowest BCUT2D eigenvalue weighted by Gasteiger charge is -2.22. The second kappa shape index (κ2) is 11.5. The van der Waals surface area contributed by atoms with Crippen LogP contribution in [0.15, 0.2) is 25.3 Å². The highest BCUT2D eigenvalue weighted by Gasteiger charge is 2.24. The van der Waals surface area contributed by atoms with Gasteiger partial charge in [-0.3, -0.25) is 4.79 Å². The summed E-state index contributed by atoms with van der Waals surface area (Å²) < 4.78 is 5.13. The molecule has 0 aromatic rings. The normalized spacial score (nSPS) is 9.91.